The van der Waals surface area contributed by atoms with Crippen molar-refractivity contribution < 1.29 is 75.8 Å². The number of aliphatic hydroxyl groups excluding tert-OH is 2. The minimum Gasteiger partial charge on any atom is -0.463 e. The first-order chi connectivity index (χ1) is 47.2. The van der Waals surface area contributed by atoms with Crippen molar-refractivity contribution in [2.45, 2.75) is 322 Å². The molecule has 97 heavy (non-hydrogen) atoms. The first-order valence-electron chi connectivity index (χ1n) is 37.8. The molecule has 0 fully saturated rings. The van der Waals surface area contributed by atoms with Gasteiger partial charge in [0.1, 0.15) is 25.4 Å². The number of hydrogen-bond acceptors (Lipinski definition) is 14. The molecular weight excluding hydrogens is 1270 g/mol. The Morgan fingerprint density at radius 2 is 0.546 bits per heavy atom. The molecule has 4 N–H and O–H groups in total. The summed E-state index contributed by atoms with van der Waals surface area (Å²) in [5.74, 6) is -1.62. The number of aliphatic hydroxyl groups is 2. The van der Waals surface area contributed by atoms with Crippen LogP contribution in [0.1, 0.15) is 303 Å². The van der Waals surface area contributed by atoms with Gasteiger partial charge in [-0.05, 0) is 135 Å². The minimum atomic E-state index is -4.94. The quantitative estimate of drug-likeness (QED) is 0.0146. The molecular formula is C79H136O16P2. The van der Waals surface area contributed by atoms with Crippen LogP contribution in [0.25, 0.3) is 0 Å². The topological polar surface area (TPSA) is 231 Å². The van der Waals surface area contributed by atoms with Crippen LogP contribution >= 0.6 is 15.6 Å². The Labute approximate surface area is 589 Å². The molecule has 0 amide bonds. The smallest absolute Gasteiger partial charge is 0.463 e. The molecule has 5 unspecified atom stereocenters. The van der Waals surface area contributed by atoms with Gasteiger partial charge in [-0.2, -0.15) is 0 Å². The summed E-state index contributed by atoms with van der Waals surface area (Å²) in [5.41, 5.74) is 0. The van der Waals surface area contributed by atoms with Gasteiger partial charge in [-0.25, -0.2) is 9.13 Å². The Morgan fingerprint density at radius 3 is 0.866 bits per heavy atom. The van der Waals surface area contributed by atoms with E-state index in [-0.39, 0.29) is 19.3 Å². The monoisotopic (exact) mass is 1400 g/mol. The van der Waals surface area contributed by atoms with Gasteiger partial charge >= 0.3 is 33.6 Å². The molecule has 0 bridgehead atoms. The molecule has 16 nitrogen and oxygen atoms in total. The van der Waals surface area contributed by atoms with Crippen LogP contribution in [0, 0.1) is 0 Å². The second kappa shape index (κ2) is 71.8. The fraction of sp³-hybridized carbons (Fsp3) is 0.709. The van der Waals surface area contributed by atoms with E-state index in [0.29, 0.717) is 19.3 Å². The average Bonchev–Trinajstić information content (AvgIpc) is 1.63. The molecule has 0 aliphatic carbocycles. The van der Waals surface area contributed by atoms with Crippen LogP contribution < -0.4 is 0 Å². The molecule has 558 valence electrons. The van der Waals surface area contributed by atoms with E-state index in [1.54, 1.807) is 0 Å². The summed E-state index contributed by atoms with van der Waals surface area (Å²) in [5, 5.41) is 20.6. The highest BCUT2D eigenvalue weighted by Crippen LogP contribution is 2.45. The van der Waals surface area contributed by atoms with Crippen LogP contribution in [0.3, 0.4) is 0 Å². The third-order valence-electron chi connectivity index (χ3n) is 15.6. The maximum atomic E-state index is 12.9. The van der Waals surface area contributed by atoms with Gasteiger partial charge in [0.05, 0.1) is 26.4 Å². The largest absolute Gasteiger partial charge is 0.472 e. The van der Waals surface area contributed by atoms with Crippen LogP contribution in [-0.2, 0) is 55.8 Å². The first kappa shape index (κ1) is 93.0. The Kier molecular flexibility index (Phi) is 68.8. The summed E-state index contributed by atoms with van der Waals surface area (Å²) in [6.45, 7) is 2.47. The molecule has 0 heterocycles. The number of ether oxygens (including phenoxy) is 3. The third-order valence-corrected chi connectivity index (χ3v) is 17.5. The number of hydrogen-bond donors (Lipinski definition) is 4. The van der Waals surface area contributed by atoms with Crippen molar-refractivity contribution in [3.8, 4) is 0 Å². The van der Waals surface area contributed by atoms with Crippen molar-refractivity contribution in [3.05, 3.63) is 122 Å². The predicted molar refractivity (Wildman–Crippen MR) is 399 cm³/mol. The van der Waals surface area contributed by atoms with Gasteiger partial charge in [0, 0.05) is 19.3 Å². The Bertz CT molecular complexity index is 2250. The standard InChI is InChI=1S/C79H136O16P2/c1-4-7-10-13-16-19-22-25-28-30-31-32-33-34-35-36-37-38-39-40-41-43-46-47-50-53-56-59-62-65-77(82)89-68-74(80)69-91-96(85,86)92-70-75(81)71-93-97(87,88)94-73-76(95-79(84)67-64-61-58-55-52-49-44-27-24-21-18-15-12-9-6-3)72-90-78(83)66-63-60-57-54-51-48-45-42-29-26-23-20-17-14-11-8-5-2/h8,11,16-21,25-29,31-32,34-35,44-45,48,74-76,80-81H,4-7,9-10,12-15,22-24,30,33,36-43,46-47,49-73H2,1-3H3,(H,85,86)(H,87,88)/b11-8-,19-16-,20-17-,21-18-,28-25-,29-26-,32-31-,35-34-,44-27-,48-45-. The number of phosphoric acid groups is 2. The van der Waals surface area contributed by atoms with Crippen molar-refractivity contribution in [3.63, 3.8) is 0 Å². The number of allylic oxidation sites excluding steroid dienone is 20. The molecule has 0 saturated heterocycles. The minimum absolute atomic E-state index is 0.0807. The second-order valence-electron chi connectivity index (χ2n) is 25.1. The zero-order valence-electron chi connectivity index (χ0n) is 60.7. The molecule has 18 heteroatoms. The lowest BCUT2D eigenvalue weighted by Crippen LogP contribution is -2.30. The lowest BCUT2D eigenvalue weighted by atomic mass is 10.0. The van der Waals surface area contributed by atoms with E-state index in [1.807, 2.05) is 0 Å². The van der Waals surface area contributed by atoms with Gasteiger partial charge in [0.25, 0.3) is 0 Å². The van der Waals surface area contributed by atoms with Crippen LogP contribution in [0.15, 0.2) is 122 Å². The number of unbranched alkanes of at least 4 members (excludes halogenated alkanes) is 28. The lowest BCUT2D eigenvalue weighted by Gasteiger charge is -2.21. The highest BCUT2D eigenvalue weighted by Gasteiger charge is 2.29. The lowest BCUT2D eigenvalue weighted by molar-refractivity contribution is -0.161. The highest BCUT2D eigenvalue weighted by atomic mass is 31.2. The van der Waals surface area contributed by atoms with E-state index in [0.717, 1.165) is 141 Å². The van der Waals surface area contributed by atoms with Gasteiger partial charge in [-0.1, -0.05) is 271 Å². The van der Waals surface area contributed by atoms with Crippen molar-refractivity contribution in [1.82, 2.24) is 0 Å². The molecule has 0 spiro atoms. The molecule has 5 atom stereocenters. The number of carbonyl (C=O) groups is 3. The van der Waals surface area contributed by atoms with Gasteiger partial charge in [-0.3, -0.25) is 32.5 Å². The highest BCUT2D eigenvalue weighted by molar-refractivity contribution is 7.47. The number of rotatable bonds is 71. The van der Waals surface area contributed by atoms with E-state index in [4.69, 9.17) is 32.3 Å². The van der Waals surface area contributed by atoms with Gasteiger partial charge in [0.2, 0.25) is 0 Å². The summed E-state index contributed by atoms with van der Waals surface area (Å²) in [6.07, 6.45) is 83.9. The second-order valence-corrected chi connectivity index (χ2v) is 28.0. The molecule has 0 rings (SSSR count). The number of esters is 3. The molecule has 0 aliphatic rings. The summed E-state index contributed by atoms with van der Waals surface area (Å²) in [4.78, 5) is 58.5. The zero-order chi connectivity index (χ0) is 70.9. The van der Waals surface area contributed by atoms with Gasteiger partial charge < -0.3 is 34.2 Å². The fourth-order valence-corrected chi connectivity index (χ4v) is 11.5. The van der Waals surface area contributed by atoms with Crippen LogP contribution in [-0.4, -0.2) is 95.9 Å². The summed E-state index contributed by atoms with van der Waals surface area (Å²) in [6, 6.07) is 0. The van der Waals surface area contributed by atoms with Crippen molar-refractivity contribution in [2.75, 3.05) is 39.6 Å². The van der Waals surface area contributed by atoms with Gasteiger partial charge in [-0.15, -0.1) is 0 Å². The first-order valence-corrected chi connectivity index (χ1v) is 40.8. The van der Waals surface area contributed by atoms with E-state index in [1.165, 1.54) is 103 Å². The Morgan fingerprint density at radius 1 is 0.299 bits per heavy atom. The predicted octanol–water partition coefficient (Wildman–Crippen LogP) is 21.8. The Balaban J connectivity index is 4.52. The Hall–Kier alpha value is -4.05. The van der Waals surface area contributed by atoms with Crippen molar-refractivity contribution >= 4 is 33.6 Å². The fourth-order valence-electron chi connectivity index (χ4n) is 9.87. The maximum absolute atomic E-state index is 12.9. The van der Waals surface area contributed by atoms with E-state index in [9.17, 15) is 43.5 Å². The molecule has 0 aromatic rings. The van der Waals surface area contributed by atoms with Crippen LogP contribution in [0.5, 0.6) is 0 Å². The third kappa shape index (κ3) is 73.0. The molecule has 0 saturated carbocycles. The normalized spacial score (nSPS) is 14.8. The maximum Gasteiger partial charge on any atom is 0.472 e. The summed E-state index contributed by atoms with van der Waals surface area (Å²) < 4.78 is 61.0. The van der Waals surface area contributed by atoms with Crippen molar-refractivity contribution in [1.29, 1.82) is 0 Å². The van der Waals surface area contributed by atoms with Crippen molar-refractivity contribution in [2.24, 2.45) is 0 Å². The summed E-state index contributed by atoms with van der Waals surface area (Å²) in [7, 11) is -9.80. The molecule has 0 aromatic carbocycles. The van der Waals surface area contributed by atoms with Crippen LogP contribution in [0.2, 0.25) is 0 Å². The van der Waals surface area contributed by atoms with Crippen LogP contribution in [0.4, 0.5) is 0 Å². The van der Waals surface area contributed by atoms with E-state index >= 15 is 0 Å². The average molecular weight is 1400 g/mol. The SMILES string of the molecule is CC/C=C\C/C=C\C/C=C\C/C=C\CCCCCCC(=O)OCC(COP(=O)(O)OCC(O)COP(=O)(O)OCC(O)COC(=O)CCCCCCCCCCCCCCC/C=C\C/C=C\C/C=C\C/C=C\CCCCC)OC(=O)CCCCCCC/C=C\C/C=C\CCCCC. The van der Waals surface area contributed by atoms with Gasteiger partial charge in [0.15, 0.2) is 6.10 Å². The number of carbonyl (C=O) groups excluding carboxylic acids is 3. The molecule has 0 aromatic heterocycles. The molecule has 0 aliphatic heterocycles. The van der Waals surface area contributed by atoms with E-state index < -0.39 is 91.5 Å². The number of phosphoric ester groups is 2. The zero-order valence-corrected chi connectivity index (χ0v) is 62.5. The summed E-state index contributed by atoms with van der Waals surface area (Å²) >= 11 is 0. The molecule has 0 radical (unpaired) electrons. The van der Waals surface area contributed by atoms with E-state index in [2.05, 4.69) is 142 Å².